The van der Waals surface area contributed by atoms with Gasteiger partial charge < -0.3 is 0 Å². The monoisotopic (exact) mass is 297 g/mol. The van der Waals surface area contributed by atoms with E-state index in [9.17, 15) is 8.42 Å². The van der Waals surface area contributed by atoms with Gasteiger partial charge in [0.1, 0.15) is 0 Å². The summed E-state index contributed by atoms with van der Waals surface area (Å²) in [6.07, 6.45) is 3.33. The van der Waals surface area contributed by atoms with Gasteiger partial charge in [0.2, 0.25) is 0 Å². The largest absolute Gasteiger partial charge is 0.268 e. The summed E-state index contributed by atoms with van der Waals surface area (Å²) in [6.45, 7) is 5.57. The highest BCUT2D eigenvalue weighted by Crippen LogP contribution is 2.26. The van der Waals surface area contributed by atoms with Gasteiger partial charge in [0.05, 0.1) is 10.4 Å². The van der Waals surface area contributed by atoms with Gasteiger partial charge in [-0.1, -0.05) is 43.0 Å². The van der Waals surface area contributed by atoms with Crippen LogP contribution in [0.1, 0.15) is 11.1 Å². The summed E-state index contributed by atoms with van der Waals surface area (Å²) in [5.74, 6) is 0. The zero-order valence-corrected chi connectivity index (χ0v) is 12.5. The number of aryl methyl sites for hydroxylation is 1. The Morgan fingerprint density at radius 2 is 1.81 bits per heavy atom. The number of benzene rings is 2. The molecule has 1 aromatic heterocycles. The first-order valence-electron chi connectivity index (χ1n) is 6.59. The van der Waals surface area contributed by atoms with Crippen molar-refractivity contribution < 1.29 is 8.42 Å². The molecular weight excluding hydrogens is 282 g/mol. The van der Waals surface area contributed by atoms with Crippen molar-refractivity contribution in [1.82, 2.24) is 3.97 Å². The Hall–Kier alpha value is -2.33. The molecule has 0 radical (unpaired) electrons. The topological polar surface area (TPSA) is 39.1 Å². The molecule has 1 heterocycles. The predicted octanol–water partition coefficient (Wildman–Crippen LogP) is 3.83. The minimum Gasteiger partial charge on any atom is -0.241 e. The highest BCUT2D eigenvalue weighted by Gasteiger charge is 2.20. The van der Waals surface area contributed by atoms with E-state index in [-0.39, 0.29) is 0 Å². The van der Waals surface area contributed by atoms with Crippen molar-refractivity contribution in [3.63, 3.8) is 0 Å². The average Bonchev–Trinajstić information content (AvgIpc) is 2.92. The summed E-state index contributed by atoms with van der Waals surface area (Å²) in [5.41, 5.74) is 2.32. The summed E-state index contributed by atoms with van der Waals surface area (Å²) < 4.78 is 27.1. The molecule has 0 spiro atoms. The normalized spacial score (nSPS) is 11.7. The van der Waals surface area contributed by atoms with E-state index in [1.54, 1.807) is 43.5 Å². The second-order valence-electron chi connectivity index (χ2n) is 4.87. The highest BCUT2D eigenvalue weighted by atomic mass is 32.2. The number of hydrogen-bond donors (Lipinski definition) is 0. The second kappa shape index (κ2) is 4.90. The van der Waals surface area contributed by atoms with Gasteiger partial charge in [-0.15, -0.1) is 0 Å². The van der Waals surface area contributed by atoms with E-state index in [4.69, 9.17) is 0 Å². The molecule has 0 amide bonds. The van der Waals surface area contributed by atoms with E-state index in [0.717, 1.165) is 16.5 Å². The Kier molecular flexibility index (Phi) is 3.18. The molecule has 0 N–H and O–H groups in total. The number of aromatic nitrogens is 1. The quantitative estimate of drug-likeness (QED) is 0.737. The third-order valence-corrected chi connectivity index (χ3v) is 5.43. The smallest absolute Gasteiger partial charge is 0.241 e. The lowest BCUT2D eigenvalue weighted by Crippen LogP contribution is -2.13. The minimum absolute atomic E-state index is 0.325. The Morgan fingerprint density at radius 3 is 2.52 bits per heavy atom. The lowest BCUT2D eigenvalue weighted by Gasteiger charge is -2.10. The summed E-state index contributed by atoms with van der Waals surface area (Å²) >= 11 is 0. The zero-order valence-electron chi connectivity index (χ0n) is 11.7. The molecule has 106 valence electrons. The molecule has 0 bridgehead atoms. The molecule has 4 heteroatoms. The maximum Gasteiger partial charge on any atom is 0.268 e. The van der Waals surface area contributed by atoms with E-state index in [2.05, 4.69) is 6.58 Å². The summed E-state index contributed by atoms with van der Waals surface area (Å²) in [5, 5.41) is 0.879. The Labute approximate surface area is 124 Å². The molecule has 3 aromatic rings. The highest BCUT2D eigenvalue weighted by molar-refractivity contribution is 7.90. The van der Waals surface area contributed by atoms with Crippen LogP contribution in [0.15, 0.2) is 66.2 Å². The predicted molar refractivity (Wildman–Crippen MR) is 85.8 cm³/mol. The van der Waals surface area contributed by atoms with Crippen LogP contribution in [0.3, 0.4) is 0 Å². The van der Waals surface area contributed by atoms with E-state index < -0.39 is 10.0 Å². The molecule has 0 fully saturated rings. The van der Waals surface area contributed by atoms with Crippen LogP contribution >= 0.6 is 0 Å². The average molecular weight is 297 g/mol. The number of rotatable bonds is 3. The van der Waals surface area contributed by atoms with Crippen molar-refractivity contribution in [2.45, 2.75) is 11.8 Å². The van der Waals surface area contributed by atoms with Gasteiger partial charge in [0, 0.05) is 11.6 Å². The van der Waals surface area contributed by atoms with Crippen molar-refractivity contribution in [3.05, 3.63) is 72.4 Å². The standard InChI is InChI=1S/C17H15NO2S/c1-3-14-8-6-9-16-15(14)11-12-18(16)21(19,20)17-10-5-4-7-13(17)2/h3-12H,1H2,2H3. The van der Waals surface area contributed by atoms with Crippen molar-refractivity contribution in [2.24, 2.45) is 0 Å². The van der Waals surface area contributed by atoms with Gasteiger partial charge in [-0.3, -0.25) is 0 Å². The first-order valence-corrected chi connectivity index (χ1v) is 8.03. The molecule has 0 unspecified atom stereocenters. The molecule has 0 aliphatic rings. The fraction of sp³-hybridized carbons (Fsp3) is 0.0588. The number of nitrogens with zero attached hydrogens (tertiary/aromatic N) is 1. The van der Waals surface area contributed by atoms with Gasteiger partial charge in [-0.05, 0) is 36.2 Å². The molecular formula is C17H15NO2S. The Morgan fingerprint density at radius 1 is 1.05 bits per heavy atom. The Balaban J connectivity index is 2.31. The molecule has 0 saturated heterocycles. The fourth-order valence-electron chi connectivity index (χ4n) is 2.51. The molecule has 3 nitrogen and oxygen atoms in total. The van der Waals surface area contributed by atoms with Crippen LogP contribution in [-0.2, 0) is 10.0 Å². The first kappa shape index (κ1) is 13.6. The molecule has 0 saturated carbocycles. The van der Waals surface area contributed by atoms with E-state index in [1.165, 1.54) is 3.97 Å². The van der Waals surface area contributed by atoms with Gasteiger partial charge in [-0.2, -0.15) is 0 Å². The van der Waals surface area contributed by atoms with Crippen LogP contribution in [0, 0.1) is 6.92 Å². The minimum atomic E-state index is -3.60. The van der Waals surface area contributed by atoms with Crippen LogP contribution in [0.4, 0.5) is 0 Å². The van der Waals surface area contributed by atoms with Crippen molar-refractivity contribution >= 4 is 27.0 Å². The first-order chi connectivity index (χ1) is 10.1. The van der Waals surface area contributed by atoms with Gasteiger partial charge in [0.15, 0.2) is 0 Å². The maximum atomic E-state index is 12.9. The summed E-state index contributed by atoms with van der Waals surface area (Å²) in [7, 11) is -3.60. The maximum absolute atomic E-state index is 12.9. The van der Waals surface area contributed by atoms with Gasteiger partial charge in [-0.25, -0.2) is 12.4 Å². The molecule has 0 atom stereocenters. The summed E-state index contributed by atoms with van der Waals surface area (Å²) in [4.78, 5) is 0.325. The third kappa shape index (κ3) is 2.08. The van der Waals surface area contributed by atoms with Crippen LogP contribution in [0.25, 0.3) is 17.0 Å². The lowest BCUT2D eigenvalue weighted by molar-refractivity contribution is 0.588. The van der Waals surface area contributed by atoms with Crippen LogP contribution in [0.2, 0.25) is 0 Å². The van der Waals surface area contributed by atoms with Crippen molar-refractivity contribution in [2.75, 3.05) is 0 Å². The summed E-state index contributed by atoms with van der Waals surface area (Å²) in [6, 6.07) is 14.4. The number of hydrogen-bond acceptors (Lipinski definition) is 2. The fourth-order valence-corrected chi connectivity index (χ4v) is 4.08. The molecule has 3 rings (SSSR count). The molecule has 0 aliphatic carbocycles. The molecule has 21 heavy (non-hydrogen) atoms. The van der Waals surface area contributed by atoms with E-state index >= 15 is 0 Å². The van der Waals surface area contributed by atoms with Crippen LogP contribution < -0.4 is 0 Å². The molecule has 0 aliphatic heterocycles. The lowest BCUT2D eigenvalue weighted by atomic mass is 10.1. The number of fused-ring (bicyclic) bond motifs is 1. The van der Waals surface area contributed by atoms with Gasteiger partial charge >= 0.3 is 0 Å². The zero-order chi connectivity index (χ0) is 15.0. The van der Waals surface area contributed by atoms with Crippen molar-refractivity contribution in [3.8, 4) is 0 Å². The van der Waals surface area contributed by atoms with E-state index in [1.807, 2.05) is 24.3 Å². The van der Waals surface area contributed by atoms with Gasteiger partial charge in [0.25, 0.3) is 10.0 Å². The SMILES string of the molecule is C=Cc1cccc2c1ccn2S(=O)(=O)c1ccccc1C. The Bertz CT molecular complexity index is 936. The second-order valence-corrected chi connectivity index (χ2v) is 6.65. The van der Waals surface area contributed by atoms with E-state index in [0.29, 0.717) is 10.4 Å². The van der Waals surface area contributed by atoms with Crippen LogP contribution in [0.5, 0.6) is 0 Å². The van der Waals surface area contributed by atoms with Crippen molar-refractivity contribution in [1.29, 1.82) is 0 Å². The third-order valence-electron chi connectivity index (χ3n) is 3.58. The molecule has 2 aromatic carbocycles. The van der Waals surface area contributed by atoms with Crippen LogP contribution in [-0.4, -0.2) is 12.4 Å².